The Morgan fingerprint density at radius 3 is 2.59 bits per heavy atom. The topological polar surface area (TPSA) is 211 Å². The summed E-state index contributed by atoms with van der Waals surface area (Å²) in [6.07, 6.45) is -0.755. The van der Waals surface area contributed by atoms with Crippen LogP contribution in [0.25, 0.3) is 0 Å². The van der Waals surface area contributed by atoms with E-state index in [-0.39, 0.29) is 36.0 Å². The van der Waals surface area contributed by atoms with E-state index in [1.807, 2.05) is 0 Å². The Morgan fingerprint density at radius 1 is 1.32 bits per heavy atom. The van der Waals surface area contributed by atoms with Crippen LogP contribution in [0.15, 0.2) is 29.1 Å². The molecule has 14 nitrogen and oxygen atoms in total. The molecule has 0 saturated heterocycles. The van der Waals surface area contributed by atoms with Crippen molar-refractivity contribution in [1.82, 2.24) is 15.3 Å². The number of benzene rings is 1. The average Bonchev–Trinajstić information content (AvgIpc) is 2.79. The number of fused-ring (bicyclic) bond motifs is 1. The van der Waals surface area contributed by atoms with Gasteiger partial charge in [-0.15, -0.1) is 0 Å². The fourth-order valence-corrected chi connectivity index (χ4v) is 3.52. The number of rotatable bonds is 9. The fourth-order valence-electron chi connectivity index (χ4n) is 3.52. The largest absolute Gasteiger partial charge is 0.481 e. The number of amides is 2. The standard InChI is InChI=1S/C20H23N7O7/c1-26(13-8-22-16-15(27(13)9-28)18(32)25-20(21)24-16)11-4-2-10(3-5-11)17(31)23-12(19(33)34)6-7-14(29)30/h2-5,9,12-13H,6-8H2,1H3,(H,23,31)(H,29,30)(H,33,34)(H4,21,22,24,25,32)/t12-,13-/m0/s1. The van der Waals surface area contributed by atoms with Crippen LogP contribution >= 0.6 is 0 Å². The number of H-pyrrole nitrogens is 1. The molecule has 0 spiro atoms. The molecule has 0 saturated carbocycles. The molecule has 0 aliphatic carbocycles. The molecule has 0 radical (unpaired) electrons. The predicted molar refractivity (Wildman–Crippen MR) is 121 cm³/mol. The van der Waals surface area contributed by atoms with Crippen molar-refractivity contribution in [2.24, 2.45) is 0 Å². The summed E-state index contributed by atoms with van der Waals surface area (Å²) in [7, 11) is 1.69. The molecular formula is C20H23N7O7. The monoisotopic (exact) mass is 473 g/mol. The average molecular weight is 473 g/mol. The normalized spacial score (nSPS) is 15.4. The summed E-state index contributed by atoms with van der Waals surface area (Å²) in [5, 5.41) is 23.2. The molecule has 1 aromatic heterocycles. The highest BCUT2D eigenvalue weighted by molar-refractivity contribution is 5.97. The molecule has 1 aromatic carbocycles. The van der Waals surface area contributed by atoms with E-state index in [9.17, 15) is 29.1 Å². The highest BCUT2D eigenvalue weighted by Crippen LogP contribution is 2.28. The Hall–Kier alpha value is -4.62. The molecule has 0 fully saturated rings. The van der Waals surface area contributed by atoms with Gasteiger partial charge in [-0.25, -0.2) is 4.79 Å². The van der Waals surface area contributed by atoms with Crippen molar-refractivity contribution in [2.75, 3.05) is 34.4 Å². The molecule has 3 rings (SSSR count). The van der Waals surface area contributed by atoms with E-state index in [1.165, 1.54) is 17.0 Å². The molecule has 2 atom stereocenters. The van der Waals surface area contributed by atoms with Crippen molar-refractivity contribution in [2.45, 2.75) is 25.0 Å². The summed E-state index contributed by atoms with van der Waals surface area (Å²) in [4.78, 5) is 67.9. The molecule has 0 bridgehead atoms. The van der Waals surface area contributed by atoms with Gasteiger partial charge in [-0.05, 0) is 30.7 Å². The van der Waals surface area contributed by atoms with E-state index in [1.54, 1.807) is 24.1 Å². The van der Waals surface area contributed by atoms with E-state index >= 15 is 0 Å². The SMILES string of the molecule is CN(c1ccc(C(=O)N[C@@H](CCC(=O)O)C(=O)O)cc1)[C@@H]1CNc2nc(N)[nH]c(=O)c2N1C=O. The lowest BCUT2D eigenvalue weighted by Gasteiger charge is -2.40. The Labute approximate surface area is 192 Å². The second kappa shape index (κ2) is 9.89. The second-order valence-corrected chi connectivity index (χ2v) is 7.48. The Balaban J connectivity index is 1.75. The van der Waals surface area contributed by atoms with E-state index in [4.69, 9.17) is 10.8 Å². The number of likely N-dealkylation sites (N-methyl/N-ethyl adjacent to an activating group) is 1. The first-order valence-electron chi connectivity index (χ1n) is 10.1. The quantitative estimate of drug-likeness (QED) is 0.249. The molecule has 34 heavy (non-hydrogen) atoms. The van der Waals surface area contributed by atoms with Crippen LogP contribution in [0.4, 0.5) is 23.1 Å². The number of nitrogens with zero attached hydrogens (tertiary/aromatic N) is 3. The van der Waals surface area contributed by atoms with Crippen molar-refractivity contribution in [1.29, 1.82) is 0 Å². The first-order chi connectivity index (χ1) is 16.1. The molecular weight excluding hydrogens is 450 g/mol. The van der Waals surface area contributed by atoms with Crippen molar-refractivity contribution in [3.05, 3.63) is 40.2 Å². The summed E-state index contributed by atoms with van der Waals surface area (Å²) in [6.45, 7) is 0.226. The van der Waals surface area contributed by atoms with E-state index in [2.05, 4.69) is 20.6 Å². The summed E-state index contributed by atoms with van der Waals surface area (Å²) in [5.74, 6) is -3.09. The zero-order chi connectivity index (χ0) is 25.0. The van der Waals surface area contributed by atoms with Crippen molar-refractivity contribution in [3.8, 4) is 0 Å². The van der Waals surface area contributed by atoms with Crippen molar-refractivity contribution in [3.63, 3.8) is 0 Å². The van der Waals surface area contributed by atoms with Gasteiger partial charge in [0.15, 0.2) is 11.5 Å². The Kier molecular flexibility index (Phi) is 6.99. The van der Waals surface area contributed by atoms with E-state index in [0.717, 1.165) is 0 Å². The number of carbonyl (C=O) groups is 4. The number of carbonyl (C=O) groups excluding carboxylic acids is 2. The highest BCUT2D eigenvalue weighted by atomic mass is 16.4. The van der Waals surface area contributed by atoms with Gasteiger partial charge in [0.2, 0.25) is 12.4 Å². The lowest BCUT2D eigenvalue weighted by Crippen LogP contribution is -2.55. The number of nitrogen functional groups attached to an aromatic ring is 1. The number of carboxylic acids is 2. The van der Waals surface area contributed by atoms with Crippen molar-refractivity contribution < 1.29 is 29.4 Å². The van der Waals surface area contributed by atoms with Crippen LogP contribution in [-0.2, 0) is 14.4 Å². The first kappa shape index (κ1) is 24.0. The predicted octanol–water partition coefficient (Wildman–Crippen LogP) is -0.749. The lowest BCUT2D eigenvalue weighted by atomic mass is 10.1. The number of anilines is 4. The molecule has 180 valence electrons. The molecule has 1 aliphatic heterocycles. The minimum absolute atomic E-state index is 0.0179. The molecule has 0 unspecified atom stereocenters. The fraction of sp³-hybridized carbons (Fsp3) is 0.300. The number of hydrogen-bond acceptors (Lipinski definition) is 9. The van der Waals surface area contributed by atoms with Crippen LogP contribution in [0.2, 0.25) is 0 Å². The maximum Gasteiger partial charge on any atom is 0.326 e. The van der Waals surface area contributed by atoms with Gasteiger partial charge in [0.05, 0.1) is 6.54 Å². The molecule has 2 heterocycles. The second-order valence-electron chi connectivity index (χ2n) is 7.48. The summed E-state index contributed by atoms with van der Waals surface area (Å²) < 4.78 is 0. The lowest BCUT2D eigenvalue weighted by molar-refractivity contribution is -0.140. The van der Waals surface area contributed by atoms with Gasteiger partial charge < -0.3 is 31.5 Å². The van der Waals surface area contributed by atoms with E-state index in [0.29, 0.717) is 12.1 Å². The molecule has 7 N–H and O–H groups in total. The summed E-state index contributed by atoms with van der Waals surface area (Å²) >= 11 is 0. The summed E-state index contributed by atoms with van der Waals surface area (Å²) in [6, 6.07) is 4.75. The summed E-state index contributed by atoms with van der Waals surface area (Å²) in [5.41, 5.74) is 5.75. The van der Waals surface area contributed by atoms with E-state index < -0.39 is 42.0 Å². The van der Waals surface area contributed by atoms with Gasteiger partial charge in [-0.1, -0.05) is 0 Å². The molecule has 2 amide bonds. The zero-order valence-corrected chi connectivity index (χ0v) is 18.0. The number of aromatic nitrogens is 2. The third-order valence-corrected chi connectivity index (χ3v) is 5.29. The number of hydrogen-bond donors (Lipinski definition) is 6. The number of nitrogens with two attached hydrogens (primary N) is 1. The van der Waals surface area contributed by atoms with Gasteiger partial charge in [0.1, 0.15) is 12.2 Å². The third kappa shape index (κ3) is 5.06. The smallest absolute Gasteiger partial charge is 0.326 e. The maximum atomic E-state index is 12.4. The number of nitrogens with one attached hydrogen (secondary N) is 3. The van der Waals surface area contributed by atoms with Gasteiger partial charge >= 0.3 is 11.9 Å². The van der Waals surface area contributed by atoms with Gasteiger partial charge in [0.25, 0.3) is 11.5 Å². The Morgan fingerprint density at radius 2 is 2.00 bits per heavy atom. The Bertz CT molecular complexity index is 1160. The third-order valence-electron chi connectivity index (χ3n) is 5.29. The minimum Gasteiger partial charge on any atom is -0.481 e. The maximum absolute atomic E-state index is 12.4. The number of aliphatic carboxylic acids is 2. The van der Waals surface area contributed by atoms with Crippen LogP contribution in [0.3, 0.4) is 0 Å². The number of aromatic amines is 1. The van der Waals surface area contributed by atoms with Crippen LogP contribution in [-0.4, -0.2) is 70.2 Å². The van der Waals surface area contributed by atoms with Gasteiger partial charge in [0, 0.05) is 24.7 Å². The van der Waals surface area contributed by atoms with Gasteiger partial charge in [-0.3, -0.25) is 29.1 Å². The van der Waals surface area contributed by atoms with Crippen LogP contribution in [0.1, 0.15) is 23.2 Å². The zero-order valence-electron chi connectivity index (χ0n) is 18.0. The van der Waals surface area contributed by atoms with Crippen LogP contribution in [0, 0.1) is 0 Å². The first-order valence-corrected chi connectivity index (χ1v) is 10.1. The molecule has 2 aromatic rings. The van der Waals surface area contributed by atoms with Crippen LogP contribution in [0.5, 0.6) is 0 Å². The van der Waals surface area contributed by atoms with Crippen molar-refractivity contribution >= 4 is 47.4 Å². The minimum atomic E-state index is -1.35. The highest BCUT2D eigenvalue weighted by Gasteiger charge is 2.32. The number of carboxylic acid groups (broad SMARTS) is 2. The molecule has 14 heteroatoms. The molecule has 1 aliphatic rings. The van der Waals surface area contributed by atoms with Crippen LogP contribution < -0.4 is 31.7 Å². The van der Waals surface area contributed by atoms with Gasteiger partial charge in [-0.2, -0.15) is 4.98 Å².